The molecule has 4 rings (SSSR count). The van der Waals surface area contributed by atoms with Crippen LogP contribution in [-0.2, 0) is 0 Å². The van der Waals surface area contributed by atoms with Crippen LogP contribution in [0.1, 0.15) is 21.6 Å². The van der Waals surface area contributed by atoms with Crippen LogP contribution in [0.3, 0.4) is 0 Å². The van der Waals surface area contributed by atoms with Gasteiger partial charge >= 0.3 is 0 Å². The van der Waals surface area contributed by atoms with Gasteiger partial charge in [-0.1, -0.05) is 35.9 Å². The number of carbonyl (C=O) groups excluding carboxylic acids is 1. The Kier molecular flexibility index (Phi) is 5.73. The Morgan fingerprint density at radius 2 is 1.90 bits per heavy atom. The number of halogens is 1. The molecule has 0 bridgehead atoms. The van der Waals surface area contributed by atoms with Crippen molar-refractivity contribution in [1.29, 1.82) is 0 Å². The van der Waals surface area contributed by atoms with E-state index in [1.54, 1.807) is 37.4 Å². The Hall–Kier alpha value is -3.64. The third kappa shape index (κ3) is 4.44. The van der Waals surface area contributed by atoms with E-state index in [4.69, 9.17) is 20.8 Å². The minimum atomic E-state index is -0.384. The van der Waals surface area contributed by atoms with Gasteiger partial charge in [0.15, 0.2) is 11.3 Å². The number of hydrogen-bond donors (Lipinski definition) is 1. The number of methoxy groups -OCH3 is 1. The maximum Gasteiger partial charge on any atom is 0.262 e. The maximum atomic E-state index is 13.2. The van der Waals surface area contributed by atoms with Crippen molar-refractivity contribution in [2.75, 3.05) is 12.4 Å². The first-order valence-electron chi connectivity index (χ1n) is 9.61. The van der Waals surface area contributed by atoms with Gasteiger partial charge in [0.25, 0.3) is 5.91 Å². The highest BCUT2D eigenvalue weighted by molar-refractivity contribution is 6.30. The summed E-state index contributed by atoms with van der Waals surface area (Å²) in [7, 11) is 1.56. The predicted octanol–water partition coefficient (Wildman–Crippen LogP) is 5.59. The fraction of sp³-hybridized carbons (Fsp3) is 0.125. The summed E-state index contributed by atoms with van der Waals surface area (Å²) in [5, 5.41) is 4.07. The first-order valence-corrected chi connectivity index (χ1v) is 9.99. The third-order valence-corrected chi connectivity index (χ3v) is 4.96. The van der Waals surface area contributed by atoms with E-state index in [1.807, 2.05) is 44.2 Å². The van der Waals surface area contributed by atoms with Gasteiger partial charge < -0.3 is 14.5 Å². The van der Waals surface area contributed by atoms with Crippen molar-refractivity contribution in [3.8, 4) is 5.75 Å². The van der Waals surface area contributed by atoms with Crippen molar-refractivity contribution in [3.05, 3.63) is 88.1 Å². The van der Waals surface area contributed by atoms with Crippen LogP contribution in [-0.4, -0.2) is 18.0 Å². The van der Waals surface area contributed by atoms with Gasteiger partial charge in [-0.2, -0.15) is 0 Å². The summed E-state index contributed by atoms with van der Waals surface area (Å²) in [5.74, 6) is 0.606. The Balaban J connectivity index is 1.92. The molecule has 0 aliphatic rings. The number of benzene rings is 2. The molecule has 1 N–H and O–H groups in total. The van der Waals surface area contributed by atoms with E-state index in [0.29, 0.717) is 33.2 Å². The van der Waals surface area contributed by atoms with Crippen LogP contribution >= 0.6 is 11.6 Å². The molecule has 0 atom stereocenters. The van der Waals surface area contributed by atoms with Gasteiger partial charge in [-0.05, 0) is 55.8 Å². The Bertz CT molecular complexity index is 1360. The van der Waals surface area contributed by atoms with Crippen molar-refractivity contribution in [3.63, 3.8) is 0 Å². The number of amides is 1. The molecule has 0 fully saturated rings. The SMILES string of the molecule is COc1cccc2cc(C(=O)Nc3cccc(C)n3)c(=Nc3cc(Cl)ccc3C)oc12. The smallest absolute Gasteiger partial charge is 0.262 e. The number of anilines is 1. The molecule has 7 heteroatoms. The van der Waals surface area contributed by atoms with E-state index in [-0.39, 0.29) is 17.0 Å². The summed E-state index contributed by atoms with van der Waals surface area (Å²) in [6.07, 6.45) is 0. The molecule has 2 heterocycles. The highest BCUT2D eigenvalue weighted by Gasteiger charge is 2.16. The number of pyridine rings is 1. The summed E-state index contributed by atoms with van der Waals surface area (Å²) < 4.78 is 11.5. The van der Waals surface area contributed by atoms with Crippen molar-refractivity contribution < 1.29 is 13.9 Å². The summed E-state index contributed by atoms with van der Waals surface area (Å²) >= 11 is 6.15. The normalized spacial score (nSPS) is 11.5. The predicted molar refractivity (Wildman–Crippen MR) is 121 cm³/mol. The molecule has 156 valence electrons. The molecule has 0 unspecified atom stereocenters. The summed E-state index contributed by atoms with van der Waals surface area (Å²) in [4.78, 5) is 22.1. The van der Waals surface area contributed by atoms with Crippen LogP contribution < -0.4 is 15.6 Å². The highest BCUT2D eigenvalue weighted by Crippen LogP contribution is 2.26. The second-order valence-electron chi connectivity index (χ2n) is 7.00. The Morgan fingerprint density at radius 3 is 2.68 bits per heavy atom. The lowest BCUT2D eigenvalue weighted by atomic mass is 10.1. The summed E-state index contributed by atoms with van der Waals surface area (Å²) in [5.41, 5.74) is 3.20. The van der Waals surface area contributed by atoms with Crippen molar-refractivity contribution in [1.82, 2.24) is 4.98 Å². The monoisotopic (exact) mass is 433 g/mol. The zero-order chi connectivity index (χ0) is 22.0. The number of fused-ring (bicyclic) bond motifs is 1. The van der Waals surface area contributed by atoms with Gasteiger partial charge in [0.05, 0.1) is 12.8 Å². The zero-order valence-corrected chi connectivity index (χ0v) is 18.0. The summed E-state index contributed by atoms with van der Waals surface area (Å²) in [6.45, 7) is 3.77. The highest BCUT2D eigenvalue weighted by atomic mass is 35.5. The molecule has 2 aromatic carbocycles. The van der Waals surface area contributed by atoms with Crippen LogP contribution in [0.25, 0.3) is 11.0 Å². The second-order valence-corrected chi connectivity index (χ2v) is 7.44. The van der Waals surface area contributed by atoms with E-state index in [1.165, 1.54) is 0 Å². The average molecular weight is 434 g/mol. The maximum absolute atomic E-state index is 13.2. The molecule has 0 saturated heterocycles. The molecule has 4 aromatic rings. The lowest BCUT2D eigenvalue weighted by Crippen LogP contribution is -2.22. The van der Waals surface area contributed by atoms with E-state index in [2.05, 4.69) is 15.3 Å². The van der Waals surface area contributed by atoms with E-state index >= 15 is 0 Å². The quantitative estimate of drug-likeness (QED) is 0.455. The van der Waals surface area contributed by atoms with E-state index in [0.717, 1.165) is 11.3 Å². The van der Waals surface area contributed by atoms with Crippen molar-refractivity contribution >= 4 is 40.0 Å². The molecule has 0 saturated carbocycles. The minimum absolute atomic E-state index is 0.146. The number of aromatic nitrogens is 1. The molecule has 0 radical (unpaired) electrons. The van der Waals surface area contributed by atoms with Crippen LogP contribution in [0.15, 0.2) is 70.1 Å². The average Bonchev–Trinajstić information content (AvgIpc) is 2.75. The van der Waals surface area contributed by atoms with Gasteiger partial charge in [0.2, 0.25) is 5.55 Å². The van der Waals surface area contributed by atoms with E-state index in [9.17, 15) is 4.79 Å². The van der Waals surface area contributed by atoms with Crippen LogP contribution in [0.2, 0.25) is 5.02 Å². The second kappa shape index (κ2) is 8.62. The standard InChI is InChI=1S/C24H20ClN3O3/c1-14-10-11-17(25)13-19(14)27-24-18(23(29)28-21-9-4-6-15(2)26-21)12-16-7-5-8-20(30-3)22(16)31-24/h4-13H,1-3H3,(H,26,28,29). The molecule has 1 amide bonds. The molecule has 31 heavy (non-hydrogen) atoms. The van der Waals surface area contributed by atoms with E-state index < -0.39 is 0 Å². The Labute approximate surface area is 184 Å². The van der Waals surface area contributed by atoms with Crippen molar-refractivity contribution in [2.24, 2.45) is 4.99 Å². The number of aryl methyl sites for hydroxylation is 2. The van der Waals surface area contributed by atoms with Gasteiger partial charge in [-0.25, -0.2) is 9.98 Å². The minimum Gasteiger partial charge on any atom is -0.493 e. The fourth-order valence-electron chi connectivity index (χ4n) is 3.14. The zero-order valence-electron chi connectivity index (χ0n) is 17.3. The molecule has 0 aliphatic carbocycles. The number of hydrogen-bond acceptors (Lipinski definition) is 5. The number of rotatable bonds is 4. The molecular formula is C24H20ClN3O3. The molecule has 2 aromatic heterocycles. The molecule has 6 nitrogen and oxygen atoms in total. The lowest BCUT2D eigenvalue weighted by Gasteiger charge is -2.09. The number of nitrogens with zero attached hydrogens (tertiary/aromatic N) is 2. The number of carbonyl (C=O) groups is 1. The van der Waals surface area contributed by atoms with Crippen LogP contribution in [0, 0.1) is 13.8 Å². The van der Waals surface area contributed by atoms with Gasteiger partial charge in [0, 0.05) is 16.1 Å². The summed E-state index contributed by atoms with van der Waals surface area (Å²) in [6, 6.07) is 18.0. The Morgan fingerprint density at radius 1 is 1.10 bits per heavy atom. The first-order chi connectivity index (χ1) is 14.9. The lowest BCUT2D eigenvalue weighted by molar-refractivity contribution is 0.102. The van der Waals surface area contributed by atoms with Gasteiger partial charge in [0.1, 0.15) is 11.4 Å². The van der Waals surface area contributed by atoms with Gasteiger partial charge in [-0.3, -0.25) is 4.79 Å². The number of para-hydroxylation sites is 1. The first kappa shape index (κ1) is 20.6. The fourth-order valence-corrected chi connectivity index (χ4v) is 3.31. The van der Waals surface area contributed by atoms with Gasteiger partial charge in [-0.15, -0.1) is 0 Å². The van der Waals surface area contributed by atoms with Crippen LogP contribution in [0.4, 0.5) is 11.5 Å². The van der Waals surface area contributed by atoms with Crippen molar-refractivity contribution in [2.45, 2.75) is 13.8 Å². The van der Waals surface area contributed by atoms with Crippen LogP contribution in [0.5, 0.6) is 5.75 Å². The molecule has 0 spiro atoms. The third-order valence-electron chi connectivity index (χ3n) is 4.73. The molecular weight excluding hydrogens is 414 g/mol. The number of ether oxygens (including phenoxy) is 1. The molecule has 0 aliphatic heterocycles. The topological polar surface area (TPSA) is 76.7 Å². The number of nitrogens with one attached hydrogen (secondary N) is 1. The largest absolute Gasteiger partial charge is 0.493 e.